The molecule has 1 aromatic carbocycles. The summed E-state index contributed by atoms with van der Waals surface area (Å²) in [6.45, 7) is 1.23. The quantitative estimate of drug-likeness (QED) is 0.896. The molecular formula is C20H23N3O3. The first-order valence-corrected chi connectivity index (χ1v) is 8.94. The summed E-state index contributed by atoms with van der Waals surface area (Å²) < 4.78 is 1.62. The lowest BCUT2D eigenvalue weighted by atomic mass is 10.2. The Labute approximate surface area is 152 Å². The number of hydrogen-bond acceptors (Lipinski definition) is 3. The molecule has 0 aliphatic carbocycles. The van der Waals surface area contributed by atoms with E-state index in [2.05, 4.69) is 5.32 Å². The van der Waals surface area contributed by atoms with Crippen molar-refractivity contribution in [1.82, 2.24) is 9.47 Å². The monoisotopic (exact) mass is 353 g/mol. The molecule has 26 heavy (non-hydrogen) atoms. The van der Waals surface area contributed by atoms with E-state index < -0.39 is 0 Å². The van der Waals surface area contributed by atoms with Crippen LogP contribution >= 0.6 is 0 Å². The van der Waals surface area contributed by atoms with Gasteiger partial charge in [-0.3, -0.25) is 14.4 Å². The smallest absolute Gasteiger partial charge is 0.250 e. The molecular weight excluding hydrogens is 330 g/mol. The van der Waals surface area contributed by atoms with Crippen LogP contribution in [-0.4, -0.2) is 34.4 Å². The number of pyridine rings is 1. The number of hydrogen-bond donors (Lipinski definition) is 1. The number of rotatable bonds is 5. The second kappa shape index (κ2) is 8.47. The molecule has 0 unspecified atom stereocenters. The molecule has 1 fully saturated rings. The van der Waals surface area contributed by atoms with Gasteiger partial charge >= 0.3 is 0 Å². The van der Waals surface area contributed by atoms with E-state index in [0.717, 1.165) is 24.8 Å². The van der Waals surface area contributed by atoms with Crippen molar-refractivity contribution in [2.45, 2.75) is 32.2 Å². The molecule has 6 nitrogen and oxygen atoms in total. The highest BCUT2D eigenvalue weighted by Crippen LogP contribution is 2.13. The van der Waals surface area contributed by atoms with Gasteiger partial charge in [-0.25, -0.2) is 0 Å². The second-order valence-corrected chi connectivity index (χ2v) is 6.54. The van der Waals surface area contributed by atoms with E-state index >= 15 is 0 Å². The molecule has 1 saturated heterocycles. The highest BCUT2D eigenvalue weighted by Gasteiger charge is 2.19. The fourth-order valence-corrected chi connectivity index (χ4v) is 3.06. The van der Waals surface area contributed by atoms with Crippen molar-refractivity contribution < 1.29 is 9.59 Å². The number of likely N-dealkylation sites (tertiary alicyclic amines) is 1. The maximum atomic E-state index is 12.2. The van der Waals surface area contributed by atoms with Gasteiger partial charge in [0.1, 0.15) is 0 Å². The van der Waals surface area contributed by atoms with Crippen molar-refractivity contribution in [3.05, 3.63) is 64.6 Å². The van der Waals surface area contributed by atoms with Gasteiger partial charge < -0.3 is 14.8 Å². The number of carbonyl (C=O) groups excluding carboxylic acids is 2. The summed E-state index contributed by atoms with van der Waals surface area (Å²) in [5, 5.41) is 2.83. The summed E-state index contributed by atoms with van der Waals surface area (Å²) in [5.74, 6) is -0.131. The molecule has 1 N–H and O–H groups in total. The molecule has 0 atom stereocenters. The van der Waals surface area contributed by atoms with Crippen LogP contribution in [0.1, 0.15) is 31.2 Å². The number of aromatic nitrogens is 1. The Morgan fingerprint density at radius 3 is 2.58 bits per heavy atom. The van der Waals surface area contributed by atoms with Gasteiger partial charge in [0.2, 0.25) is 11.8 Å². The number of nitrogens with zero attached hydrogens (tertiary/aromatic N) is 2. The third kappa shape index (κ3) is 4.81. The summed E-state index contributed by atoms with van der Waals surface area (Å²) >= 11 is 0. The molecule has 2 aromatic rings. The Balaban J connectivity index is 1.57. The zero-order valence-corrected chi connectivity index (χ0v) is 14.7. The largest absolute Gasteiger partial charge is 0.333 e. The van der Waals surface area contributed by atoms with Crippen LogP contribution < -0.4 is 10.9 Å². The molecule has 136 valence electrons. The normalized spacial score (nSPS) is 14.8. The Bertz CT molecular complexity index is 827. The third-order valence-corrected chi connectivity index (χ3v) is 4.50. The molecule has 6 heteroatoms. The molecule has 3 rings (SSSR count). The van der Waals surface area contributed by atoms with Gasteiger partial charge in [0.05, 0.1) is 13.1 Å². The van der Waals surface area contributed by atoms with Crippen LogP contribution in [0.2, 0.25) is 0 Å². The number of carbonyl (C=O) groups is 2. The van der Waals surface area contributed by atoms with Crippen molar-refractivity contribution in [1.29, 1.82) is 0 Å². The highest BCUT2D eigenvalue weighted by atomic mass is 16.2. The Kier molecular flexibility index (Phi) is 5.84. The van der Waals surface area contributed by atoms with E-state index in [4.69, 9.17) is 0 Å². The first-order chi connectivity index (χ1) is 12.6. The van der Waals surface area contributed by atoms with E-state index in [1.54, 1.807) is 21.7 Å². The zero-order chi connectivity index (χ0) is 18.4. The predicted molar refractivity (Wildman–Crippen MR) is 99.9 cm³/mol. The topological polar surface area (TPSA) is 71.4 Å². The standard InChI is InChI=1S/C20H23N3O3/c24-18(15-23-12-4-1-2-6-20(23)26)21-17-10-8-16(9-11-17)14-22-13-5-3-7-19(22)25/h3,5,7-11,13H,1-2,4,6,12,14-15H2,(H,21,24). The van der Waals surface area contributed by atoms with Gasteiger partial charge in [-0.05, 0) is 36.6 Å². The van der Waals surface area contributed by atoms with Crippen molar-refractivity contribution >= 4 is 17.5 Å². The van der Waals surface area contributed by atoms with E-state index in [1.165, 1.54) is 6.07 Å². The highest BCUT2D eigenvalue weighted by molar-refractivity contribution is 5.94. The predicted octanol–water partition coefficient (Wildman–Crippen LogP) is 2.24. The van der Waals surface area contributed by atoms with Gasteiger partial charge in [-0.2, -0.15) is 0 Å². The Hall–Kier alpha value is -2.89. The van der Waals surface area contributed by atoms with Crippen molar-refractivity contribution in [3.8, 4) is 0 Å². The number of benzene rings is 1. The maximum absolute atomic E-state index is 12.2. The SMILES string of the molecule is O=C(CN1CCCCCC1=O)Nc1ccc(Cn2ccccc2=O)cc1. The van der Waals surface area contributed by atoms with Crippen LogP contribution in [0.4, 0.5) is 5.69 Å². The van der Waals surface area contributed by atoms with Gasteiger partial charge in [0, 0.05) is 30.9 Å². The number of nitrogens with one attached hydrogen (secondary N) is 1. The molecule has 1 aliphatic heterocycles. The summed E-state index contributed by atoms with van der Waals surface area (Å²) in [6, 6.07) is 12.4. The Morgan fingerprint density at radius 2 is 1.81 bits per heavy atom. The maximum Gasteiger partial charge on any atom is 0.250 e. The summed E-state index contributed by atoms with van der Waals surface area (Å²) in [7, 11) is 0. The number of anilines is 1. The van der Waals surface area contributed by atoms with E-state index in [9.17, 15) is 14.4 Å². The second-order valence-electron chi connectivity index (χ2n) is 6.54. The van der Waals surface area contributed by atoms with Crippen LogP contribution in [0.5, 0.6) is 0 Å². The molecule has 1 aliphatic rings. The number of amides is 2. The molecule has 0 radical (unpaired) electrons. The van der Waals surface area contributed by atoms with E-state index in [1.807, 2.05) is 30.3 Å². The van der Waals surface area contributed by atoms with Crippen molar-refractivity contribution in [2.75, 3.05) is 18.4 Å². The summed E-state index contributed by atoms with van der Waals surface area (Å²) in [6.07, 6.45) is 5.17. The van der Waals surface area contributed by atoms with Crippen LogP contribution in [0.15, 0.2) is 53.5 Å². The van der Waals surface area contributed by atoms with E-state index in [-0.39, 0.29) is 23.9 Å². The fraction of sp³-hybridized carbons (Fsp3) is 0.350. The lowest BCUT2D eigenvalue weighted by Crippen LogP contribution is -2.37. The third-order valence-electron chi connectivity index (χ3n) is 4.50. The minimum absolute atomic E-state index is 0.0491. The summed E-state index contributed by atoms with van der Waals surface area (Å²) in [4.78, 5) is 37.6. The van der Waals surface area contributed by atoms with Crippen molar-refractivity contribution in [3.63, 3.8) is 0 Å². The Morgan fingerprint density at radius 1 is 1.00 bits per heavy atom. The first-order valence-electron chi connectivity index (χ1n) is 8.94. The molecule has 1 aromatic heterocycles. The zero-order valence-electron chi connectivity index (χ0n) is 14.7. The minimum Gasteiger partial charge on any atom is -0.333 e. The molecule has 0 saturated carbocycles. The first kappa shape index (κ1) is 17.9. The average Bonchev–Trinajstić information content (AvgIpc) is 2.83. The van der Waals surface area contributed by atoms with E-state index in [0.29, 0.717) is 25.2 Å². The lowest BCUT2D eigenvalue weighted by molar-refractivity contribution is -0.134. The van der Waals surface area contributed by atoms with Gasteiger partial charge in [-0.1, -0.05) is 24.6 Å². The molecule has 2 heterocycles. The van der Waals surface area contributed by atoms with Crippen LogP contribution in [0, 0.1) is 0 Å². The van der Waals surface area contributed by atoms with Gasteiger partial charge in [0.15, 0.2) is 0 Å². The molecule has 0 spiro atoms. The fourth-order valence-electron chi connectivity index (χ4n) is 3.06. The van der Waals surface area contributed by atoms with Gasteiger partial charge in [-0.15, -0.1) is 0 Å². The van der Waals surface area contributed by atoms with Crippen molar-refractivity contribution in [2.24, 2.45) is 0 Å². The van der Waals surface area contributed by atoms with Gasteiger partial charge in [0.25, 0.3) is 5.56 Å². The lowest BCUT2D eigenvalue weighted by Gasteiger charge is -2.19. The summed E-state index contributed by atoms with van der Waals surface area (Å²) in [5.41, 5.74) is 1.60. The van der Waals surface area contributed by atoms with Crippen LogP contribution in [0.3, 0.4) is 0 Å². The minimum atomic E-state index is -0.188. The average molecular weight is 353 g/mol. The van der Waals surface area contributed by atoms with Crippen LogP contribution in [-0.2, 0) is 16.1 Å². The molecule has 0 bridgehead atoms. The molecule has 2 amide bonds. The van der Waals surface area contributed by atoms with Crippen LogP contribution in [0.25, 0.3) is 0 Å².